The Morgan fingerprint density at radius 3 is 2.35 bits per heavy atom. The van der Waals surface area contributed by atoms with Gasteiger partial charge < -0.3 is 15.4 Å². The molecule has 130 valence electrons. The molecule has 1 aromatic carbocycles. The number of carbonyl (C=O) groups excluding carboxylic acids is 1. The largest absolute Gasteiger partial charge is 0.384 e. The molecule has 0 atom stereocenters. The van der Waals surface area contributed by atoms with Crippen molar-refractivity contribution in [3.05, 3.63) is 35.1 Å². The van der Waals surface area contributed by atoms with Crippen LogP contribution in [0.1, 0.15) is 23.2 Å². The van der Waals surface area contributed by atoms with Crippen molar-refractivity contribution >= 4 is 18.3 Å². The van der Waals surface area contributed by atoms with Crippen molar-refractivity contribution in [2.45, 2.75) is 12.8 Å². The van der Waals surface area contributed by atoms with Gasteiger partial charge in [-0.2, -0.15) is 0 Å². The molecule has 1 saturated heterocycles. The Bertz CT molecular complexity index is 523. The van der Waals surface area contributed by atoms with Gasteiger partial charge in [0.2, 0.25) is 0 Å². The van der Waals surface area contributed by atoms with Gasteiger partial charge in [-0.15, -0.1) is 12.4 Å². The lowest BCUT2D eigenvalue weighted by molar-refractivity contribution is 0.0510. The quantitative estimate of drug-likeness (QED) is 0.854. The molecular formula is C15H20ClF3N2O2. The maximum absolute atomic E-state index is 13.6. The number of carbonyl (C=O) groups is 1. The minimum absolute atomic E-state index is 0. The summed E-state index contributed by atoms with van der Waals surface area (Å²) in [5.41, 5.74) is -1.02. The van der Waals surface area contributed by atoms with E-state index in [0.29, 0.717) is 18.7 Å². The first-order valence-electron chi connectivity index (χ1n) is 7.10. The molecule has 8 heteroatoms. The van der Waals surface area contributed by atoms with Gasteiger partial charge in [-0.05, 0) is 25.9 Å². The van der Waals surface area contributed by atoms with Gasteiger partial charge in [-0.3, -0.25) is 4.79 Å². The fraction of sp³-hybridized carbons (Fsp3) is 0.533. The lowest BCUT2D eigenvalue weighted by atomic mass is 9.79. The standard InChI is InChI=1S/C15H19F3N2O2.ClH/c1-22-9-15(2-4-19-5-3-15)8-20-14(21)13-11(17)6-10(16)7-12(13)18;/h6-7,19H,2-5,8-9H2,1H3,(H,20,21);1H. The second-order valence-corrected chi connectivity index (χ2v) is 5.61. The molecule has 4 nitrogen and oxygen atoms in total. The Morgan fingerprint density at radius 1 is 1.26 bits per heavy atom. The number of piperidine rings is 1. The number of nitrogens with one attached hydrogen (secondary N) is 2. The second kappa shape index (κ2) is 8.52. The monoisotopic (exact) mass is 352 g/mol. The Morgan fingerprint density at radius 2 is 1.83 bits per heavy atom. The van der Waals surface area contributed by atoms with Crippen molar-refractivity contribution in [2.24, 2.45) is 5.41 Å². The van der Waals surface area contributed by atoms with Crippen molar-refractivity contribution in [1.82, 2.24) is 10.6 Å². The summed E-state index contributed by atoms with van der Waals surface area (Å²) in [5, 5.41) is 5.76. The first kappa shape index (κ1) is 19.7. The molecule has 0 radical (unpaired) electrons. The van der Waals surface area contributed by atoms with Gasteiger partial charge >= 0.3 is 0 Å². The van der Waals surface area contributed by atoms with Crippen LogP contribution < -0.4 is 10.6 Å². The third-order valence-corrected chi connectivity index (χ3v) is 3.97. The minimum Gasteiger partial charge on any atom is -0.384 e. The van der Waals surface area contributed by atoms with E-state index in [1.54, 1.807) is 7.11 Å². The normalized spacial score (nSPS) is 16.5. The van der Waals surface area contributed by atoms with Crippen molar-refractivity contribution in [1.29, 1.82) is 0 Å². The van der Waals surface area contributed by atoms with Gasteiger partial charge in [-0.1, -0.05) is 0 Å². The summed E-state index contributed by atoms with van der Waals surface area (Å²) in [6.07, 6.45) is 1.57. The minimum atomic E-state index is -1.21. The predicted molar refractivity (Wildman–Crippen MR) is 82.3 cm³/mol. The molecule has 23 heavy (non-hydrogen) atoms. The van der Waals surface area contributed by atoms with Crippen LogP contribution in [0.25, 0.3) is 0 Å². The van der Waals surface area contributed by atoms with Crippen LogP contribution in [0.5, 0.6) is 0 Å². The van der Waals surface area contributed by atoms with E-state index >= 15 is 0 Å². The Balaban J connectivity index is 0.00000264. The van der Waals surface area contributed by atoms with Crippen LogP contribution in [-0.2, 0) is 4.74 Å². The topological polar surface area (TPSA) is 50.4 Å². The molecule has 1 heterocycles. The molecule has 1 aromatic rings. The van der Waals surface area contributed by atoms with Gasteiger partial charge in [0.25, 0.3) is 5.91 Å². The molecule has 0 spiro atoms. The summed E-state index contributed by atoms with van der Waals surface area (Å²) in [6.45, 7) is 2.28. The summed E-state index contributed by atoms with van der Waals surface area (Å²) < 4.78 is 45.3. The maximum atomic E-state index is 13.6. The Kier molecular flexibility index (Phi) is 7.31. The summed E-state index contributed by atoms with van der Waals surface area (Å²) in [5.74, 6) is -4.35. The smallest absolute Gasteiger partial charge is 0.257 e. The SMILES string of the molecule is COCC1(CNC(=O)c2c(F)cc(F)cc2F)CCNCC1.Cl. The van der Waals surface area contributed by atoms with E-state index in [0.717, 1.165) is 25.9 Å². The highest BCUT2D eigenvalue weighted by molar-refractivity contribution is 5.94. The number of hydrogen-bond acceptors (Lipinski definition) is 3. The van der Waals surface area contributed by atoms with Crippen molar-refractivity contribution < 1.29 is 22.7 Å². The van der Waals surface area contributed by atoms with Crippen molar-refractivity contribution in [3.8, 4) is 0 Å². The number of methoxy groups -OCH3 is 1. The van der Waals surface area contributed by atoms with E-state index in [-0.39, 0.29) is 24.4 Å². The summed E-state index contributed by atoms with van der Waals surface area (Å²) in [4.78, 5) is 12.0. The van der Waals surface area contributed by atoms with Crippen LogP contribution in [-0.4, -0.2) is 39.3 Å². The number of benzene rings is 1. The van der Waals surface area contributed by atoms with Crippen LogP contribution in [0.3, 0.4) is 0 Å². The maximum Gasteiger partial charge on any atom is 0.257 e. The molecule has 2 N–H and O–H groups in total. The van der Waals surface area contributed by atoms with E-state index in [1.165, 1.54) is 0 Å². The third-order valence-electron chi connectivity index (χ3n) is 3.97. The van der Waals surface area contributed by atoms with Crippen LogP contribution in [0.15, 0.2) is 12.1 Å². The predicted octanol–water partition coefficient (Wildman–Crippen LogP) is 2.27. The molecule has 1 fully saturated rings. The lowest BCUT2D eigenvalue weighted by Gasteiger charge is -2.37. The van der Waals surface area contributed by atoms with Gasteiger partial charge in [0.1, 0.15) is 23.0 Å². The first-order chi connectivity index (χ1) is 10.5. The molecule has 0 saturated carbocycles. The van der Waals surface area contributed by atoms with E-state index in [1.807, 2.05) is 0 Å². The molecule has 0 aromatic heterocycles. The molecule has 0 unspecified atom stereocenters. The first-order valence-corrected chi connectivity index (χ1v) is 7.10. The third kappa shape index (κ3) is 4.83. The van der Waals surface area contributed by atoms with E-state index in [9.17, 15) is 18.0 Å². The highest BCUT2D eigenvalue weighted by Gasteiger charge is 2.33. The molecule has 1 amide bonds. The molecule has 1 aliphatic rings. The fourth-order valence-corrected chi connectivity index (χ4v) is 2.75. The Labute approximate surface area is 139 Å². The molecule has 1 aliphatic heterocycles. The molecule has 0 aliphatic carbocycles. The van der Waals surface area contributed by atoms with E-state index in [2.05, 4.69) is 10.6 Å². The van der Waals surface area contributed by atoms with Gasteiger partial charge in [0.15, 0.2) is 0 Å². The average molecular weight is 353 g/mol. The average Bonchev–Trinajstić information content (AvgIpc) is 2.45. The fourth-order valence-electron chi connectivity index (χ4n) is 2.75. The Hall–Kier alpha value is -1.31. The highest BCUT2D eigenvalue weighted by atomic mass is 35.5. The van der Waals surface area contributed by atoms with Crippen LogP contribution >= 0.6 is 12.4 Å². The van der Waals surface area contributed by atoms with Crippen LogP contribution in [0, 0.1) is 22.9 Å². The number of rotatable bonds is 5. The molecular weight excluding hydrogens is 333 g/mol. The zero-order chi connectivity index (χ0) is 16.2. The number of amides is 1. The van der Waals surface area contributed by atoms with E-state index in [4.69, 9.17) is 4.74 Å². The van der Waals surface area contributed by atoms with Crippen molar-refractivity contribution in [3.63, 3.8) is 0 Å². The molecule has 2 rings (SSSR count). The zero-order valence-electron chi connectivity index (χ0n) is 12.8. The number of halogens is 4. The van der Waals surface area contributed by atoms with Gasteiger partial charge in [0.05, 0.1) is 6.61 Å². The summed E-state index contributed by atoms with van der Waals surface area (Å²) in [6, 6.07) is 0.987. The summed E-state index contributed by atoms with van der Waals surface area (Å²) in [7, 11) is 1.57. The molecule has 0 bridgehead atoms. The van der Waals surface area contributed by atoms with Gasteiger partial charge in [-0.25, -0.2) is 13.2 Å². The van der Waals surface area contributed by atoms with E-state index < -0.39 is 28.9 Å². The zero-order valence-corrected chi connectivity index (χ0v) is 13.6. The number of ether oxygens (including phenoxy) is 1. The lowest BCUT2D eigenvalue weighted by Crippen LogP contribution is -2.47. The second-order valence-electron chi connectivity index (χ2n) is 5.61. The van der Waals surface area contributed by atoms with Crippen molar-refractivity contribution in [2.75, 3.05) is 33.4 Å². The summed E-state index contributed by atoms with van der Waals surface area (Å²) >= 11 is 0. The highest BCUT2D eigenvalue weighted by Crippen LogP contribution is 2.28. The van der Waals surface area contributed by atoms with Gasteiger partial charge in [0, 0.05) is 31.2 Å². The van der Waals surface area contributed by atoms with Crippen LogP contribution in [0.2, 0.25) is 0 Å². The number of hydrogen-bond donors (Lipinski definition) is 2. The van der Waals surface area contributed by atoms with Crippen LogP contribution in [0.4, 0.5) is 13.2 Å².